The van der Waals surface area contributed by atoms with Crippen LogP contribution >= 0.6 is 0 Å². The van der Waals surface area contributed by atoms with Gasteiger partial charge in [0.1, 0.15) is 0 Å². The van der Waals surface area contributed by atoms with Gasteiger partial charge < -0.3 is 9.47 Å². The summed E-state index contributed by atoms with van der Waals surface area (Å²) in [6.07, 6.45) is 81.3. The number of allylic oxidation sites excluding steroid dienone is 2. The molecule has 0 aliphatic heterocycles. The first-order chi connectivity index (χ1) is 35.6. The molecule has 0 amide bonds. The van der Waals surface area contributed by atoms with Crippen molar-refractivity contribution in [1.82, 2.24) is 0 Å². The number of ether oxygens (including phenoxy) is 2. The molecule has 0 unspecified atom stereocenters. The zero-order valence-corrected chi connectivity index (χ0v) is 50.2. The van der Waals surface area contributed by atoms with Crippen LogP contribution in [0, 0.1) is 0 Å². The number of unbranched alkanes of at least 4 members (excludes halogenated alkanes) is 51. The van der Waals surface area contributed by atoms with Crippen LogP contribution in [0.15, 0.2) is 12.2 Å². The smallest absolute Gasteiger partial charge is 0.305 e. The van der Waals surface area contributed by atoms with E-state index in [2.05, 4.69) is 39.8 Å². The maximum atomic E-state index is 11.9. The van der Waals surface area contributed by atoms with E-state index in [0.717, 1.165) is 32.1 Å². The lowest BCUT2D eigenvalue weighted by atomic mass is 10.0. The fraction of sp³-hybridized carbons (Fsp3) is 0.941. The fourth-order valence-corrected chi connectivity index (χ4v) is 10.1. The number of carbonyl (C=O) groups is 2. The minimum Gasteiger partial charge on any atom is -0.466 e. The molecular formula is C68H134O4. The lowest BCUT2D eigenvalue weighted by Crippen LogP contribution is -2.05. The van der Waals surface area contributed by atoms with E-state index in [1.807, 2.05) is 0 Å². The number of esters is 2. The lowest BCUT2D eigenvalue weighted by Gasteiger charge is -2.06. The van der Waals surface area contributed by atoms with E-state index in [1.54, 1.807) is 0 Å². The second kappa shape index (κ2) is 69.7. The molecule has 4 nitrogen and oxygen atoms in total. The molecule has 0 aliphatic rings. The maximum absolute atomic E-state index is 11.9. The van der Waals surface area contributed by atoms with Crippen LogP contribution in [0.2, 0.25) is 0 Å². The van der Waals surface area contributed by atoms with Gasteiger partial charge in [0.2, 0.25) is 0 Å². The Bertz CT molecular complexity index is 1010. The summed E-state index contributed by atoms with van der Waals surface area (Å²) in [5, 5.41) is 0. The van der Waals surface area contributed by atoms with Gasteiger partial charge in [0, 0.05) is 12.8 Å². The molecule has 0 atom stereocenters. The van der Waals surface area contributed by atoms with Crippen molar-refractivity contribution in [3.63, 3.8) is 0 Å². The molecule has 0 aromatic heterocycles. The highest BCUT2D eigenvalue weighted by Gasteiger charge is 2.05. The third-order valence-corrected chi connectivity index (χ3v) is 15.1. The Hall–Kier alpha value is -1.32. The van der Waals surface area contributed by atoms with Gasteiger partial charge in [-0.1, -0.05) is 348 Å². The van der Waals surface area contributed by atoms with Gasteiger partial charge in [0.25, 0.3) is 0 Å². The van der Waals surface area contributed by atoms with Gasteiger partial charge >= 0.3 is 11.9 Å². The second-order valence-electron chi connectivity index (χ2n) is 22.7. The standard InChI is InChI=1S/C36H72O2.C32H62O2/c1-3-5-7-9-11-13-15-17-18-19-20-21-22-23-24-26-28-30-32-34-36(37)38-35-33-31-29-27-25-16-14-12-10-8-6-4-2;1-3-5-7-9-11-13-15-17-18-19-20-22-24-26-28-30-32(33)34-31-29-27-25-23-21-16-14-12-10-8-6-4-2/h3-35H2,1-2H3;17-18H,3-16,19-31H2,1-2H3/b;18-17-. The summed E-state index contributed by atoms with van der Waals surface area (Å²) >= 11 is 0. The molecule has 430 valence electrons. The molecule has 4 heteroatoms. The van der Waals surface area contributed by atoms with E-state index in [0.29, 0.717) is 26.1 Å². The molecule has 0 heterocycles. The van der Waals surface area contributed by atoms with Gasteiger partial charge in [-0.05, 0) is 51.4 Å². The van der Waals surface area contributed by atoms with E-state index in [4.69, 9.17) is 9.47 Å². The van der Waals surface area contributed by atoms with E-state index in [9.17, 15) is 9.59 Å². The van der Waals surface area contributed by atoms with Crippen molar-refractivity contribution >= 4 is 11.9 Å². The van der Waals surface area contributed by atoms with E-state index >= 15 is 0 Å². The number of rotatable bonds is 61. The van der Waals surface area contributed by atoms with Crippen molar-refractivity contribution in [3.8, 4) is 0 Å². The summed E-state index contributed by atoms with van der Waals surface area (Å²) in [5.41, 5.74) is 0. The minimum absolute atomic E-state index is 0.0145. The molecule has 0 spiro atoms. The van der Waals surface area contributed by atoms with Crippen molar-refractivity contribution in [2.24, 2.45) is 0 Å². The minimum atomic E-state index is 0.0145. The Morgan fingerprint density at radius 1 is 0.222 bits per heavy atom. The second-order valence-corrected chi connectivity index (χ2v) is 22.7. The Labute approximate surface area is 454 Å². The molecule has 0 fully saturated rings. The van der Waals surface area contributed by atoms with Gasteiger partial charge in [-0.15, -0.1) is 0 Å². The largest absolute Gasteiger partial charge is 0.466 e. The molecule has 0 bridgehead atoms. The van der Waals surface area contributed by atoms with E-state index in [-0.39, 0.29) is 11.9 Å². The number of hydrogen-bond acceptors (Lipinski definition) is 4. The van der Waals surface area contributed by atoms with Gasteiger partial charge in [-0.2, -0.15) is 0 Å². The number of carbonyl (C=O) groups excluding carboxylic acids is 2. The van der Waals surface area contributed by atoms with Crippen molar-refractivity contribution in [1.29, 1.82) is 0 Å². The topological polar surface area (TPSA) is 52.6 Å². The van der Waals surface area contributed by atoms with Gasteiger partial charge in [-0.25, -0.2) is 0 Å². The molecule has 72 heavy (non-hydrogen) atoms. The highest BCUT2D eigenvalue weighted by Crippen LogP contribution is 2.17. The van der Waals surface area contributed by atoms with Gasteiger partial charge in [0.05, 0.1) is 13.2 Å². The van der Waals surface area contributed by atoms with E-state index in [1.165, 1.54) is 327 Å². The zero-order valence-electron chi connectivity index (χ0n) is 50.2. The number of hydrogen-bond donors (Lipinski definition) is 0. The summed E-state index contributed by atoms with van der Waals surface area (Å²) in [4.78, 5) is 23.8. The first-order valence-electron chi connectivity index (χ1n) is 33.6. The highest BCUT2D eigenvalue weighted by atomic mass is 16.5. The molecule has 0 saturated heterocycles. The predicted molar refractivity (Wildman–Crippen MR) is 322 cm³/mol. The summed E-state index contributed by atoms with van der Waals surface area (Å²) in [7, 11) is 0. The average molecular weight is 1020 g/mol. The molecular weight excluding hydrogens is 881 g/mol. The molecule has 0 N–H and O–H groups in total. The Balaban J connectivity index is 0. The van der Waals surface area contributed by atoms with Crippen LogP contribution in [0.4, 0.5) is 0 Å². The monoisotopic (exact) mass is 1020 g/mol. The summed E-state index contributed by atoms with van der Waals surface area (Å²) < 4.78 is 10.8. The van der Waals surface area contributed by atoms with Crippen LogP contribution < -0.4 is 0 Å². The molecule has 0 aromatic rings. The molecule has 0 radical (unpaired) electrons. The first-order valence-corrected chi connectivity index (χ1v) is 33.6. The van der Waals surface area contributed by atoms with Gasteiger partial charge in [-0.3, -0.25) is 9.59 Å². The maximum Gasteiger partial charge on any atom is 0.305 e. The van der Waals surface area contributed by atoms with Crippen LogP contribution in [0.1, 0.15) is 400 Å². The molecule has 0 aromatic carbocycles. The fourth-order valence-electron chi connectivity index (χ4n) is 10.1. The SMILES string of the molecule is CCCCCCCC/C=C\CCCCCCCC(=O)OCCCCCCCCCCCCCC.CCCCCCCCCCCCCCCCCCCCCC(=O)OCCCCCCCCCCCCCC. The quantitative estimate of drug-likeness (QED) is 0.0346. The summed E-state index contributed by atoms with van der Waals surface area (Å²) in [6, 6.07) is 0. The Kier molecular flexibility index (Phi) is 70.4. The van der Waals surface area contributed by atoms with Crippen molar-refractivity contribution in [2.45, 2.75) is 400 Å². The Morgan fingerprint density at radius 3 is 0.597 bits per heavy atom. The lowest BCUT2D eigenvalue weighted by molar-refractivity contribution is -0.144. The predicted octanol–water partition coefficient (Wildman–Crippen LogP) is 24.3. The third-order valence-electron chi connectivity index (χ3n) is 15.1. The van der Waals surface area contributed by atoms with Crippen molar-refractivity contribution < 1.29 is 19.1 Å². The summed E-state index contributed by atoms with van der Waals surface area (Å²) in [6.45, 7) is 10.4. The first kappa shape index (κ1) is 72.8. The summed E-state index contributed by atoms with van der Waals surface area (Å²) in [5.74, 6) is 0.0424. The van der Waals surface area contributed by atoms with Crippen LogP contribution in [-0.2, 0) is 19.1 Å². The van der Waals surface area contributed by atoms with Gasteiger partial charge in [0.15, 0.2) is 0 Å². The van der Waals surface area contributed by atoms with Crippen LogP contribution in [0.25, 0.3) is 0 Å². The van der Waals surface area contributed by atoms with Crippen molar-refractivity contribution in [3.05, 3.63) is 12.2 Å². The molecule has 0 rings (SSSR count). The van der Waals surface area contributed by atoms with Crippen LogP contribution in [-0.4, -0.2) is 25.2 Å². The highest BCUT2D eigenvalue weighted by molar-refractivity contribution is 5.69. The average Bonchev–Trinajstić information content (AvgIpc) is 3.38. The van der Waals surface area contributed by atoms with Crippen molar-refractivity contribution in [2.75, 3.05) is 13.2 Å². The zero-order chi connectivity index (χ0) is 52.4. The molecule has 0 aliphatic carbocycles. The van der Waals surface area contributed by atoms with Crippen LogP contribution in [0.3, 0.4) is 0 Å². The third kappa shape index (κ3) is 70.8. The Morgan fingerprint density at radius 2 is 0.389 bits per heavy atom. The normalized spacial score (nSPS) is 11.4. The van der Waals surface area contributed by atoms with Crippen LogP contribution in [0.5, 0.6) is 0 Å². The molecule has 0 saturated carbocycles. The van der Waals surface area contributed by atoms with E-state index < -0.39 is 0 Å².